The Morgan fingerprint density at radius 2 is 2.16 bits per heavy atom. The minimum Gasteiger partial charge on any atom is -0.475 e. The van der Waals surface area contributed by atoms with Crippen molar-refractivity contribution in [2.24, 2.45) is 7.05 Å². The van der Waals surface area contributed by atoms with E-state index in [0.717, 1.165) is 11.5 Å². The Labute approximate surface area is 112 Å². The maximum atomic E-state index is 5.58. The van der Waals surface area contributed by atoms with E-state index in [0.29, 0.717) is 18.4 Å². The van der Waals surface area contributed by atoms with Gasteiger partial charge in [-0.05, 0) is 20.8 Å². The average Bonchev–Trinajstić information content (AvgIpc) is 2.70. The van der Waals surface area contributed by atoms with Crippen LogP contribution in [0.3, 0.4) is 0 Å². The van der Waals surface area contributed by atoms with Crippen LogP contribution in [0.5, 0.6) is 5.88 Å². The largest absolute Gasteiger partial charge is 0.475 e. The second kappa shape index (κ2) is 5.69. The lowest BCUT2D eigenvalue weighted by Gasteiger charge is -2.11. The van der Waals surface area contributed by atoms with E-state index in [1.54, 1.807) is 6.20 Å². The minimum atomic E-state index is 0.0942. The quantitative estimate of drug-likeness (QED) is 0.890. The van der Waals surface area contributed by atoms with Crippen molar-refractivity contribution in [1.29, 1.82) is 0 Å². The van der Waals surface area contributed by atoms with E-state index < -0.39 is 0 Å². The Bertz CT molecular complexity index is 550. The van der Waals surface area contributed by atoms with Crippen molar-refractivity contribution in [2.75, 3.05) is 5.32 Å². The number of anilines is 1. The second-order valence-electron chi connectivity index (χ2n) is 4.65. The average molecular weight is 261 g/mol. The molecule has 0 fully saturated rings. The summed E-state index contributed by atoms with van der Waals surface area (Å²) in [5, 5.41) is 3.16. The third kappa shape index (κ3) is 3.67. The summed E-state index contributed by atoms with van der Waals surface area (Å²) < 4.78 is 7.54. The summed E-state index contributed by atoms with van der Waals surface area (Å²) >= 11 is 0. The molecule has 1 N–H and O–H groups in total. The van der Waals surface area contributed by atoms with Gasteiger partial charge in [0.1, 0.15) is 5.82 Å². The smallest absolute Gasteiger partial charge is 0.226 e. The van der Waals surface area contributed by atoms with E-state index in [1.165, 1.54) is 0 Å². The summed E-state index contributed by atoms with van der Waals surface area (Å²) in [6.45, 7) is 6.44. The lowest BCUT2D eigenvalue weighted by molar-refractivity contribution is 0.232. The highest BCUT2D eigenvalue weighted by Gasteiger charge is 2.06. The maximum absolute atomic E-state index is 5.58. The Morgan fingerprint density at radius 3 is 2.79 bits per heavy atom. The van der Waals surface area contributed by atoms with E-state index in [-0.39, 0.29) is 6.10 Å². The van der Waals surface area contributed by atoms with E-state index in [4.69, 9.17) is 4.74 Å². The number of aromatic nitrogens is 4. The third-order valence-electron chi connectivity index (χ3n) is 2.51. The number of nitrogens with zero attached hydrogens (tertiary/aromatic N) is 4. The van der Waals surface area contributed by atoms with E-state index in [1.807, 2.05) is 44.6 Å². The minimum absolute atomic E-state index is 0.0942. The molecule has 6 heteroatoms. The van der Waals surface area contributed by atoms with Crippen molar-refractivity contribution in [2.45, 2.75) is 33.4 Å². The van der Waals surface area contributed by atoms with Crippen LogP contribution >= 0.6 is 0 Å². The molecule has 0 radical (unpaired) electrons. The Hall–Kier alpha value is -2.11. The highest BCUT2D eigenvalue weighted by molar-refractivity contribution is 5.30. The van der Waals surface area contributed by atoms with Crippen molar-refractivity contribution in [3.63, 3.8) is 0 Å². The fraction of sp³-hybridized carbons (Fsp3) is 0.462. The van der Waals surface area contributed by atoms with Crippen molar-refractivity contribution >= 4 is 5.95 Å². The molecule has 0 aliphatic carbocycles. The summed E-state index contributed by atoms with van der Waals surface area (Å²) in [5.74, 6) is 2.07. The molecule has 0 saturated carbocycles. The lowest BCUT2D eigenvalue weighted by Crippen LogP contribution is -2.11. The van der Waals surface area contributed by atoms with Crippen LogP contribution in [0, 0.1) is 6.92 Å². The van der Waals surface area contributed by atoms with Gasteiger partial charge in [-0.25, -0.2) is 9.97 Å². The van der Waals surface area contributed by atoms with Crippen molar-refractivity contribution in [3.05, 3.63) is 30.0 Å². The third-order valence-corrected chi connectivity index (χ3v) is 2.51. The predicted molar refractivity (Wildman–Crippen MR) is 73.1 cm³/mol. The standard InChI is InChI=1S/C13H19N5O/c1-9(2)19-12-7-10(3)16-13(17-12)15-8-11-14-5-6-18(11)4/h5-7,9H,8H2,1-4H3,(H,15,16,17). The summed E-state index contributed by atoms with van der Waals surface area (Å²) in [6.07, 6.45) is 3.76. The van der Waals surface area contributed by atoms with Gasteiger partial charge in [-0.1, -0.05) is 0 Å². The fourth-order valence-corrected chi connectivity index (χ4v) is 1.65. The summed E-state index contributed by atoms with van der Waals surface area (Å²) in [7, 11) is 1.95. The van der Waals surface area contributed by atoms with E-state index in [9.17, 15) is 0 Å². The number of aryl methyl sites for hydroxylation is 2. The van der Waals surface area contributed by atoms with Gasteiger partial charge in [0.25, 0.3) is 0 Å². The molecule has 0 bridgehead atoms. The second-order valence-corrected chi connectivity index (χ2v) is 4.65. The molecule has 19 heavy (non-hydrogen) atoms. The van der Waals surface area contributed by atoms with Crippen LogP contribution in [-0.2, 0) is 13.6 Å². The van der Waals surface area contributed by atoms with E-state index >= 15 is 0 Å². The van der Waals surface area contributed by atoms with Gasteiger partial charge in [0.2, 0.25) is 11.8 Å². The molecule has 0 aromatic carbocycles. The van der Waals surface area contributed by atoms with Crippen molar-refractivity contribution < 1.29 is 4.74 Å². The molecule has 0 aliphatic heterocycles. The van der Waals surface area contributed by atoms with Gasteiger partial charge in [0.05, 0.1) is 12.6 Å². The van der Waals surface area contributed by atoms with Gasteiger partial charge in [-0.3, -0.25) is 0 Å². The first-order chi connectivity index (χ1) is 9.04. The molecule has 6 nitrogen and oxygen atoms in total. The van der Waals surface area contributed by atoms with Gasteiger partial charge < -0.3 is 14.6 Å². The number of hydrogen-bond acceptors (Lipinski definition) is 5. The molecule has 2 heterocycles. The van der Waals surface area contributed by atoms with Crippen LogP contribution in [0.4, 0.5) is 5.95 Å². The first-order valence-corrected chi connectivity index (χ1v) is 6.27. The summed E-state index contributed by atoms with van der Waals surface area (Å²) in [5.41, 5.74) is 0.869. The zero-order chi connectivity index (χ0) is 13.8. The van der Waals surface area contributed by atoms with Crippen LogP contribution in [0.2, 0.25) is 0 Å². The zero-order valence-electron chi connectivity index (χ0n) is 11.7. The highest BCUT2D eigenvalue weighted by atomic mass is 16.5. The van der Waals surface area contributed by atoms with Crippen LogP contribution in [0.25, 0.3) is 0 Å². The Morgan fingerprint density at radius 1 is 1.37 bits per heavy atom. The predicted octanol–water partition coefficient (Wildman–Crippen LogP) is 1.92. The van der Waals surface area contributed by atoms with Gasteiger partial charge >= 0.3 is 0 Å². The lowest BCUT2D eigenvalue weighted by atomic mass is 10.4. The summed E-state index contributed by atoms with van der Waals surface area (Å²) in [4.78, 5) is 12.9. The fourth-order valence-electron chi connectivity index (χ4n) is 1.65. The van der Waals surface area contributed by atoms with Crippen LogP contribution in [-0.4, -0.2) is 25.6 Å². The van der Waals surface area contributed by atoms with Crippen LogP contribution in [0.15, 0.2) is 18.5 Å². The molecule has 0 unspecified atom stereocenters. The Kier molecular flexibility index (Phi) is 3.99. The van der Waals surface area contributed by atoms with Crippen molar-refractivity contribution in [3.8, 4) is 5.88 Å². The number of imidazole rings is 1. The molecule has 2 aromatic rings. The molecule has 102 valence electrons. The topological polar surface area (TPSA) is 64.9 Å². The molecule has 0 atom stereocenters. The molecule has 0 spiro atoms. The van der Waals surface area contributed by atoms with Gasteiger partial charge in [0.15, 0.2) is 0 Å². The molecule has 0 saturated heterocycles. The highest BCUT2D eigenvalue weighted by Crippen LogP contribution is 2.13. The van der Waals surface area contributed by atoms with Gasteiger partial charge in [-0.2, -0.15) is 4.98 Å². The normalized spacial score (nSPS) is 10.8. The van der Waals surface area contributed by atoms with Gasteiger partial charge in [-0.15, -0.1) is 0 Å². The molecular weight excluding hydrogens is 242 g/mol. The molecule has 0 aliphatic rings. The number of hydrogen-bond donors (Lipinski definition) is 1. The van der Waals surface area contributed by atoms with Crippen LogP contribution < -0.4 is 10.1 Å². The first kappa shape index (κ1) is 13.3. The SMILES string of the molecule is Cc1cc(OC(C)C)nc(NCc2nccn2C)n1. The molecule has 2 rings (SSSR count). The Balaban J connectivity index is 2.07. The maximum Gasteiger partial charge on any atom is 0.226 e. The monoisotopic (exact) mass is 261 g/mol. The first-order valence-electron chi connectivity index (χ1n) is 6.27. The number of nitrogens with one attached hydrogen (secondary N) is 1. The summed E-state index contributed by atoms with van der Waals surface area (Å²) in [6, 6.07) is 1.83. The number of ether oxygens (including phenoxy) is 1. The van der Waals surface area contributed by atoms with Crippen molar-refractivity contribution in [1.82, 2.24) is 19.5 Å². The zero-order valence-corrected chi connectivity index (χ0v) is 11.7. The van der Waals surface area contributed by atoms with E-state index in [2.05, 4.69) is 20.3 Å². The van der Waals surface area contributed by atoms with Crippen LogP contribution in [0.1, 0.15) is 25.4 Å². The molecule has 2 aromatic heterocycles. The molecular formula is C13H19N5O. The molecule has 0 amide bonds. The van der Waals surface area contributed by atoms with Gasteiger partial charge in [0, 0.05) is 31.2 Å². The number of rotatable bonds is 5.